The minimum atomic E-state index is -2.52. The topological polar surface area (TPSA) is 84.3 Å². The third-order valence-electron chi connectivity index (χ3n) is 4.84. The first-order chi connectivity index (χ1) is 13.0. The molecule has 2 N–H and O–H groups in total. The predicted octanol–water partition coefficient (Wildman–Crippen LogP) is 2.77. The van der Waals surface area contributed by atoms with Crippen LogP contribution in [-0.2, 0) is 6.54 Å². The summed E-state index contributed by atoms with van der Waals surface area (Å²) in [6.45, 7) is 5.68. The lowest BCUT2D eigenvalue weighted by atomic mass is 10.2. The summed E-state index contributed by atoms with van der Waals surface area (Å²) < 4.78 is 31.3. The molecular formula is C18H20F2N6O. The van der Waals surface area contributed by atoms with Gasteiger partial charge in [-0.1, -0.05) is 6.07 Å². The molecule has 1 aromatic carbocycles. The lowest BCUT2D eigenvalue weighted by molar-refractivity contribution is 0.151. The van der Waals surface area contributed by atoms with Gasteiger partial charge < -0.3 is 15.1 Å². The summed E-state index contributed by atoms with van der Waals surface area (Å²) in [7, 11) is 0. The van der Waals surface area contributed by atoms with Crippen molar-refractivity contribution in [3.63, 3.8) is 0 Å². The molecule has 0 radical (unpaired) electrons. The summed E-state index contributed by atoms with van der Waals surface area (Å²) in [6.07, 6.45) is -1.04. The van der Waals surface area contributed by atoms with E-state index < -0.39 is 6.43 Å². The van der Waals surface area contributed by atoms with Crippen molar-refractivity contribution in [2.24, 2.45) is 0 Å². The second kappa shape index (κ2) is 7.07. The van der Waals surface area contributed by atoms with Gasteiger partial charge in [0.25, 0.3) is 6.43 Å². The van der Waals surface area contributed by atoms with Crippen LogP contribution in [0.5, 0.6) is 0 Å². The van der Waals surface area contributed by atoms with Crippen molar-refractivity contribution >= 4 is 22.7 Å². The Labute approximate surface area is 154 Å². The predicted molar refractivity (Wildman–Crippen MR) is 97.6 cm³/mol. The van der Waals surface area contributed by atoms with E-state index in [0.717, 1.165) is 37.6 Å². The van der Waals surface area contributed by atoms with E-state index in [4.69, 9.17) is 10.2 Å². The third-order valence-corrected chi connectivity index (χ3v) is 4.84. The largest absolute Gasteiger partial charge is 0.439 e. The number of oxazole rings is 1. The molecule has 7 nitrogen and oxygen atoms in total. The fraction of sp³-hybridized carbons (Fsp3) is 0.389. The summed E-state index contributed by atoms with van der Waals surface area (Å²) in [5, 5.41) is 0. The lowest BCUT2D eigenvalue weighted by Gasteiger charge is -2.35. The Kier molecular flexibility index (Phi) is 4.61. The first-order valence-corrected chi connectivity index (χ1v) is 8.73. The number of alkyl halides is 2. The van der Waals surface area contributed by atoms with Gasteiger partial charge in [0.1, 0.15) is 23.5 Å². The van der Waals surface area contributed by atoms with Crippen molar-refractivity contribution in [3.05, 3.63) is 41.5 Å². The molecule has 27 heavy (non-hydrogen) atoms. The van der Waals surface area contributed by atoms with E-state index in [0.29, 0.717) is 29.4 Å². The van der Waals surface area contributed by atoms with Gasteiger partial charge >= 0.3 is 0 Å². The molecule has 2 aromatic heterocycles. The number of hydrogen-bond donors (Lipinski definition) is 1. The maximum Gasteiger partial charge on any atom is 0.263 e. The Morgan fingerprint density at radius 3 is 2.70 bits per heavy atom. The number of rotatable bonds is 4. The van der Waals surface area contributed by atoms with Crippen LogP contribution in [0.25, 0.3) is 11.1 Å². The molecule has 4 rings (SSSR count). The van der Waals surface area contributed by atoms with Crippen LogP contribution in [-0.4, -0.2) is 46.0 Å². The number of hydrogen-bond acceptors (Lipinski definition) is 7. The van der Waals surface area contributed by atoms with Crippen molar-refractivity contribution in [1.29, 1.82) is 0 Å². The van der Waals surface area contributed by atoms with Gasteiger partial charge in [0.2, 0.25) is 5.89 Å². The Morgan fingerprint density at radius 1 is 1.19 bits per heavy atom. The minimum absolute atomic E-state index is 0.0571. The van der Waals surface area contributed by atoms with Gasteiger partial charge in [-0.2, -0.15) is 0 Å². The fourth-order valence-corrected chi connectivity index (χ4v) is 3.27. The highest BCUT2D eigenvalue weighted by Gasteiger charge is 2.22. The molecule has 0 unspecified atom stereocenters. The van der Waals surface area contributed by atoms with Crippen molar-refractivity contribution in [1.82, 2.24) is 19.9 Å². The van der Waals surface area contributed by atoms with E-state index in [-0.39, 0.29) is 5.56 Å². The van der Waals surface area contributed by atoms with Gasteiger partial charge in [-0.15, -0.1) is 0 Å². The maximum atomic E-state index is 12.8. The number of fused-ring (bicyclic) bond motifs is 1. The van der Waals surface area contributed by atoms with Gasteiger partial charge in [0.05, 0.1) is 6.54 Å². The van der Waals surface area contributed by atoms with Gasteiger partial charge in [-0.05, 0) is 19.1 Å². The van der Waals surface area contributed by atoms with Crippen molar-refractivity contribution < 1.29 is 13.2 Å². The molecule has 9 heteroatoms. The molecule has 1 fully saturated rings. The lowest BCUT2D eigenvalue weighted by Crippen LogP contribution is -2.46. The van der Waals surface area contributed by atoms with E-state index in [1.807, 2.05) is 6.92 Å². The number of benzene rings is 1. The minimum Gasteiger partial charge on any atom is -0.439 e. The molecule has 0 spiro atoms. The second-order valence-corrected chi connectivity index (χ2v) is 6.61. The number of nitrogens with zero attached hydrogens (tertiary/aromatic N) is 5. The summed E-state index contributed by atoms with van der Waals surface area (Å²) >= 11 is 0. The molecule has 3 aromatic rings. The van der Waals surface area contributed by atoms with Gasteiger partial charge in [0.15, 0.2) is 5.58 Å². The highest BCUT2D eigenvalue weighted by molar-refractivity contribution is 5.73. The van der Waals surface area contributed by atoms with E-state index >= 15 is 0 Å². The quantitative estimate of drug-likeness (QED) is 0.752. The number of piperazine rings is 1. The monoisotopic (exact) mass is 374 g/mol. The molecule has 0 bridgehead atoms. The summed E-state index contributed by atoms with van der Waals surface area (Å²) in [5.74, 6) is 1.90. The molecule has 3 heterocycles. The van der Waals surface area contributed by atoms with Crippen LogP contribution in [0.4, 0.5) is 20.4 Å². The van der Waals surface area contributed by atoms with Crippen LogP contribution in [0, 0.1) is 6.92 Å². The molecule has 0 amide bonds. The highest BCUT2D eigenvalue weighted by Crippen LogP contribution is 2.25. The summed E-state index contributed by atoms with van der Waals surface area (Å²) in [4.78, 5) is 17.2. The summed E-state index contributed by atoms with van der Waals surface area (Å²) in [5.41, 5.74) is 7.69. The Hall–Kier alpha value is -2.81. The average Bonchev–Trinajstić information content (AvgIpc) is 3.06. The first kappa shape index (κ1) is 17.6. The standard InChI is InChI=1S/C18H20F2N6O/c1-11-17(21)22-10-23-18(11)26-6-4-25(5-7-26)9-15-24-13-3-2-12(16(19)20)8-14(13)27-15/h2-3,8,10,16H,4-7,9H2,1H3,(H2,21,22,23). The van der Waals surface area contributed by atoms with Crippen molar-refractivity contribution in [3.8, 4) is 0 Å². The molecule has 0 saturated carbocycles. The van der Waals surface area contributed by atoms with E-state index in [1.54, 1.807) is 6.07 Å². The molecule has 142 valence electrons. The fourth-order valence-electron chi connectivity index (χ4n) is 3.27. The molecule has 1 aliphatic rings. The number of anilines is 2. The zero-order chi connectivity index (χ0) is 19.0. The van der Waals surface area contributed by atoms with E-state index in [9.17, 15) is 8.78 Å². The number of nitrogen functional groups attached to an aromatic ring is 1. The SMILES string of the molecule is Cc1c(N)ncnc1N1CCN(Cc2nc3ccc(C(F)F)cc3o2)CC1. The highest BCUT2D eigenvalue weighted by atomic mass is 19.3. The van der Waals surface area contributed by atoms with E-state index in [2.05, 4.69) is 24.8 Å². The molecule has 0 atom stereocenters. The van der Waals surface area contributed by atoms with Gasteiger partial charge in [0, 0.05) is 37.3 Å². The Balaban J connectivity index is 1.42. The first-order valence-electron chi connectivity index (χ1n) is 8.73. The van der Waals surface area contributed by atoms with Crippen LogP contribution in [0.15, 0.2) is 28.9 Å². The van der Waals surface area contributed by atoms with Crippen molar-refractivity contribution in [2.75, 3.05) is 36.8 Å². The van der Waals surface area contributed by atoms with Crippen LogP contribution in [0.1, 0.15) is 23.4 Å². The van der Waals surface area contributed by atoms with Gasteiger partial charge in [-0.3, -0.25) is 4.90 Å². The number of halogens is 2. The average molecular weight is 374 g/mol. The van der Waals surface area contributed by atoms with E-state index in [1.165, 1.54) is 18.5 Å². The molecule has 1 saturated heterocycles. The second-order valence-electron chi connectivity index (χ2n) is 6.61. The summed E-state index contributed by atoms with van der Waals surface area (Å²) in [6, 6.07) is 4.31. The Bertz CT molecular complexity index is 952. The van der Waals surface area contributed by atoms with Crippen LogP contribution in [0.3, 0.4) is 0 Å². The van der Waals surface area contributed by atoms with Gasteiger partial charge in [-0.25, -0.2) is 23.7 Å². The molecule has 1 aliphatic heterocycles. The molecular weight excluding hydrogens is 354 g/mol. The number of nitrogens with two attached hydrogens (primary N) is 1. The molecule has 0 aliphatic carbocycles. The Morgan fingerprint density at radius 2 is 1.96 bits per heavy atom. The van der Waals surface area contributed by atoms with Crippen LogP contribution in [0.2, 0.25) is 0 Å². The van der Waals surface area contributed by atoms with Crippen LogP contribution >= 0.6 is 0 Å². The zero-order valence-corrected chi connectivity index (χ0v) is 14.9. The smallest absolute Gasteiger partial charge is 0.263 e. The third kappa shape index (κ3) is 3.55. The van der Waals surface area contributed by atoms with Crippen LogP contribution < -0.4 is 10.6 Å². The maximum absolute atomic E-state index is 12.8. The number of aromatic nitrogens is 3. The van der Waals surface area contributed by atoms with Crippen molar-refractivity contribution in [2.45, 2.75) is 19.9 Å². The zero-order valence-electron chi connectivity index (χ0n) is 14.9. The normalized spacial score (nSPS) is 15.8.